The monoisotopic (exact) mass is 520 g/mol. The Balaban J connectivity index is 1.44. The summed E-state index contributed by atoms with van der Waals surface area (Å²) in [5.41, 5.74) is 2.99. The molecule has 1 aromatic carbocycles. The topological polar surface area (TPSA) is 27.7 Å². The fourth-order valence-electron chi connectivity index (χ4n) is 7.47. The van der Waals surface area contributed by atoms with Gasteiger partial charge in [0.25, 0.3) is 0 Å². The second-order valence-electron chi connectivity index (χ2n) is 14.5. The number of ether oxygens (including phenoxy) is 2. The van der Waals surface area contributed by atoms with E-state index in [1.54, 1.807) is 0 Å². The van der Waals surface area contributed by atoms with Gasteiger partial charge in [-0.1, -0.05) is 89.8 Å². The largest absolute Gasteiger partial charge is 0.485 e. The normalized spacial score (nSPS) is 36.9. The van der Waals surface area contributed by atoms with Gasteiger partial charge < -0.3 is 13.9 Å². The van der Waals surface area contributed by atoms with E-state index in [1.807, 2.05) is 0 Å². The van der Waals surface area contributed by atoms with Crippen LogP contribution in [0.2, 0.25) is 18.1 Å². The van der Waals surface area contributed by atoms with Gasteiger partial charge in [-0.2, -0.15) is 0 Å². The molecule has 4 heteroatoms. The predicted molar refractivity (Wildman–Crippen MR) is 155 cm³/mol. The Kier molecular flexibility index (Phi) is 6.33. The molecule has 3 aliphatic carbocycles. The van der Waals surface area contributed by atoms with Crippen LogP contribution in [0.25, 0.3) is 0 Å². The Morgan fingerprint density at radius 2 is 1.73 bits per heavy atom. The molecule has 2 saturated carbocycles. The van der Waals surface area contributed by atoms with Crippen molar-refractivity contribution >= 4 is 8.32 Å². The molecule has 1 heterocycles. The minimum Gasteiger partial charge on any atom is -0.485 e. The van der Waals surface area contributed by atoms with Gasteiger partial charge in [-0.05, 0) is 61.4 Å². The van der Waals surface area contributed by atoms with E-state index in [2.05, 4.69) is 104 Å². The van der Waals surface area contributed by atoms with Gasteiger partial charge in [-0.3, -0.25) is 0 Å². The third-order valence-electron chi connectivity index (χ3n) is 10.7. The molecule has 0 aromatic heterocycles. The summed E-state index contributed by atoms with van der Waals surface area (Å²) in [4.78, 5) is 0. The predicted octanol–water partition coefficient (Wildman–Crippen LogP) is 8.59. The van der Waals surface area contributed by atoms with Crippen molar-refractivity contribution in [2.75, 3.05) is 0 Å². The van der Waals surface area contributed by atoms with E-state index >= 15 is 0 Å². The molecule has 1 aromatic rings. The molecule has 0 spiro atoms. The third-order valence-corrected chi connectivity index (χ3v) is 15.2. The van der Waals surface area contributed by atoms with Crippen LogP contribution < -0.4 is 0 Å². The molecule has 1 saturated heterocycles. The molecule has 0 bridgehead atoms. The average molecular weight is 521 g/mol. The number of hydrogen-bond acceptors (Lipinski definition) is 3. The van der Waals surface area contributed by atoms with Crippen LogP contribution >= 0.6 is 0 Å². The zero-order valence-corrected chi connectivity index (χ0v) is 25.4. The van der Waals surface area contributed by atoms with Gasteiger partial charge in [0.05, 0.1) is 12.7 Å². The molecule has 0 N–H and O–H groups in total. The Bertz CT molecular complexity index is 1110. The van der Waals surface area contributed by atoms with Crippen LogP contribution in [0.1, 0.15) is 72.8 Å². The van der Waals surface area contributed by atoms with Crippen LogP contribution in [0.15, 0.2) is 66.5 Å². The van der Waals surface area contributed by atoms with E-state index in [1.165, 1.54) is 16.7 Å². The van der Waals surface area contributed by atoms with Crippen LogP contribution in [-0.4, -0.2) is 25.6 Å². The fraction of sp³-hybridized carbons (Fsp3) is 0.636. The molecule has 0 amide bonds. The van der Waals surface area contributed by atoms with Gasteiger partial charge in [0.2, 0.25) is 0 Å². The number of hydrogen-bond donors (Lipinski definition) is 0. The van der Waals surface area contributed by atoms with E-state index in [0.717, 1.165) is 31.4 Å². The average Bonchev–Trinajstić information content (AvgIpc) is 3.46. The van der Waals surface area contributed by atoms with Crippen molar-refractivity contribution in [3.8, 4) is 0 Å². The Morgan fingerprint density at radius 3 is 2.38 bits per heavy atom. The second-order valence-corrected chi connectivity index (χ2v) is 19.3. The van der Waals surface area contributed by atoms with Crippen molar-refractivity contribution in [2.24, 2.45) is 23.2 Å². The van der Waals surface area contributed by atoms with E-state index < -0.39 is 13.9 Å². The molecular formula is C33H48O3Si. The van der Waals surface area contributed by atoms with Gasteiger partial charge in [0, 0.05) is 23.7 Å². The van der Waals surface area contributed by atoms with Crippen LogP contribution in [0.4, 0.5) is 0 Å². The SMILES string of the molecule is C=C1C[C@@]2(OCc3ccccc3)C(=C)O[C@](C)(C3=CC(C)(C)[C@H](O[Si](C)(C)C(C)(C)C)C3)[C@@H]3CC[C@@H]1[C@H]32. The minimum atomic E-state index is -1.90. The van der Waals surface area contributed by atoms with Crippen molar-refractivity contribution in [2.45, 2.75) is 109 Å². The molecular weight excluding hydrogens is 472 g/mol. The molecule has 202 valence electrons. The summed E-state index contributed by atoms with van der Waals surface area (Å²) in [6.07, 6.45) is 6.71. The summed E-state index contributed by atoms with van der Waals surface area (Å²) in [6, 6.07) is 10.5. The minimum absolute atomic E-state index is 0.0336. The zero-order chi connectivity index (χ0) is 27.0. The first kappa shape index (κ1) is 27.0. The number of benzene rings is 1. The summed E-state index contributed by atoms with van der Waals surface area (Å²) < 4.78 is 20.9. The van der Waals surface area contributed by atoms with E-state index in [-0.39, 0.29) is 22.2 Å². The lowest BCUT2D eigenvalue weighted by molar-refractivity contribution is -0.182. The highest BCUT2D eigenvalue weighted by Crippen LogP contribution is 2.67. The molecule has 37 heavy (non-hydrogen) atoms. The maximum atomic E-state index is 7.03. The molecule has 0 radical (unpaired) electrons. The summed E-state index contributed by atoms with van der Waals surface area (Å²) in [7, 11) is -1.90. The highest BCUT2D eigenvalue weighted by molar-refractivity contribution is 6.74. The number of rotatable bonds is 6. The zero-order valence-electron chi connectivity index (χ0n) is 24.4. The van der Waals surface area contributed by atoms with Crippen molar-refractivity contribution in [3.05, 3.63) is 72.0 Å². The standard InChI is InChI=1S/C33H48O3Si/c1-22-19-33(34-21-24-14-12-11-13-15-24)23(2)35-32(8,27-17-16-26(22)29(27)33)25-18-28(31(6,7)20-25)36-37(9,10)30(3,4)5/h11-15,20,26-29H,1-2,16-19,21H2,3-10H3/t26-,27+,28+,29+,32+,33+/m0/s1. The molecule has 1 aliphatic heterocycles. The molecule has 0 unspecified atom stereocenters. The molecule has 3 nitrogen and oxygen atoms in total. The summed E-state index contributed by atoms with van der Waals surface area (Å²) in [5.74, 6) is 2.02. The lowest BCUT2D eigenvalue weighted by atomic mass is 9.67. The quantitative estimate of drug-likeness (QED) is 0.278. The van der Waals surface area contributed by atoms with Gasteiger partial charge in [-0.15, -0.1) is 0 Å². The van der Waals surface area contributed by atoms with E-state index in [4.69, 9.17) is 13.9 Å². The Labute approximate surface area is 226 Å². The van der Waals surface area contributed by atoms with Crippen molar-refractivity contribution in [1.82, 2.24) is 0 Å². The van der Waals surface area contributed by atoms with Crippen LogP contribution in [0, 0.1) is 23.2 Å². The van der Waals surface area contributed by atoms with Crippen molar-refractivity contribution in [3.63, 3.8) is 0 Å². The molecule has 6 atom stereocenters. The fourth-order valence-corrected chi connectivity index (χ4v) is 8.92. The smallest absolute Gasteiger partial charge is 0.192 e. The van der Waals surface area contributed by atoms with Gasteiger partial charge in [0.1, 0.15) is 17.0 Å². The first-order valence-electron chi connectivity index (χ1n) is 14.2. The van der Waals surface area contributed by atoms with E-state index in [0.29, 0.717) is 24.4 Å². The van der Waals surface area contributed by atoms with Gasteiger partial charge in [-0.25, -0.2) is 0 Å². The summed E-state index contributed by atoms with van der Waals surface area (Å²) >= 11 is 0. The van der Waals surface area contributed by atoms with Crippen molar-refractivity contribution < 1.29 is 13.9 Å². The lowest BCUT2D eigenvalue weighted by Gasteiger charge is -2.53. The van der Waals surface area contributed by atoms with Crippen LogP contribution in [-0.2, 0) is 20.5 Å². The van der Waals surface area contributed by atoms with Crippen molar-refractivity contribution in [1.29, 1.82) is 0 Å². The Morgan fingerprint density at radius 1 is 1.05 bits per heavy atom. The van der Waals surface area contributed by atoms with E-state index in [9.17, 15) is 0 Å². The van der Waals surface area contributed by atoms with Crippen LogP contribution in [0.3, 0.4) is 0 Å². The maximum Gasteiger partial charge on any atom is 0.192 e. The summed E-state index contributed by atoms with van der Waals surface area (Å²) in [5, 5.41) is 0.184. The Hall–Kier alpha value is -1.62. The first-order valence-corrected chi connectivity index (χ1v) is 17.2. The van der Waals surface area contributed by atoms with Gasteiger partial charge >= 0.3 is 0 Å². The molecule has 5 rings (SSSR count). The van der Waals surface area contributed by atoms with Crippen LogP contribution in [0.5, 0.6) is 0 Å². The third kappa shape index (κ3) is 4.22. The molecule has 3 fully saturated rings. The maximum absolute atomic E-state index is 7.03. The molecule has 4 aliphatic rings. The highest BCUT2D eigenvalue weighted by Gasteiger charge is 2.68. The second kappa shape index (κ2) is 8.69. The summed E-state index contributed by atoms with van der Waals surface area (Å²) in [6.45, 7) is 28.3. The lowest BCUT2D eigenvalue weighted by Crippen LogP contribution is -2.57. The highest BCUT2D eigenvalue weighted by atomic mass is 28.4. The first-order chi connectivity index (χ1) is 17.1. The van der Waals surface area contributed by atoms with Gasteiger partial charge in [0.15, 0.2) is 8.32 Å².